The summed E-state index contributed by atoms with van der Waals surface area (Å²) in [7, 11) is 0. The molecule has 5 heteroatoms. The van der Waals surface area contributed by atoms with Crippen molar-refractivity contribution in [2.45, 2.75) is 39.3 Å². The molecule has 1 unspecified atom stereocenters. The van der Waals surface area contributed by atoms with Gasteiger partial charge in [-0.25, -0.2) is 4.98 Å². The Morgan fingerprint density at radius 3 is 2.62 bits per heavy atom. The molecule has 0 aliphatic rings. The fourth-order valence-corrected chi connectivity index (χ4v) is 1.52. The van der Waals surface area contributed by atoms with Gasteiger partial charge in [0.15, 0.2) is 0 Å². The van der Waals surface area contributed by atoms with Crippen molar-refractivity contribution in [3.05, 3.63) is 16.2 Å². The molecule has 0 amide bonds. The third-order valence-electron chi connectivity index (χ3n) is 2.79. The van der Waals surface area contributed by atoms with Crippen molar-refractivity contribution in [3.8, 4) is 0 Å². The first-order valence-electron chi connectivity index (χ1n) is 5.12. The molecule has 1 heterocycles. The zero-order valence-electron chi connectivity index (χ0n) is 10.0. The second-order valence-corrected chi connectivity index (χ2v) is 5.32. The summed E-state index contributed by atoms with van der Waals surface area (Å²) in [5, 5.41) is 12.8. The molecule has 0 saturated carbocycles. The lowest BCUT2D eigenvalue weighted by molar-refractivity contribution is 0.133. The summed E-state index contributed by atoms with van der Waals surface area (Å²) >= 11 is 3.45. The molecule has 0 aliphatic carbocycles. The maximum absolute atomic E-state index is 9.63. The molecule has 0 fully saturated rings. The van der Waals surface area contributed by atoms with E-state index in [0.717, 1.165) is 10.0 Å². The van der Waals surface area contributed by atoms with Crippen LogP contribution in [0.4, 0.5) is 11.5 Å². The van der Waals surface area contributed by atoms with Crippen molar-refractivity contribution >= 4 is 27.4 Å². The van der Waals surface area contributed by atoms with E-state index in [2.05, 4.69) is 26.2 Å². The Morgan fingerprint density at radius 1 is 1.56 bits per heavy atom. The SMILES string of the molecule is Cc1c(N)cnc(NC(C)(C)C(C)O)c1Br. The van der Waals surface area contributed by atoms with Gasteiger partial charge in [0.2, 0.25) is 0 Å². The summed E-state index contributed by atoms with van der Waals surface area (Å²) in [6, 6.07) is 0. The molecule has 4 nitrogen and oxygen atoms in total. The Morgan fingerprint density at radius 2 is 2.12 bits per heavy atom. The standard InChI is InChI=1S/C11H18BrN3O/c1-6-8(13)5-14-10(9(6)12)15-11(3,4)7(2)16/h5,7,16H,13H2,1-4H3,(H,14,15). The van der Waals surface area contributed by atoms with Gasteiger partial charge in [-0.15, -0.1) is 0 Å². The van der Waals surface area contributed by atoms with Crippen molar-refractivity contribution in [3.63, 3.8) is 0 Å². The van der Waals surface area contributed by atoms with E-state index in [1.807, 2.05) is 20.8 Å². The molecule has 1 aromatic rings. The lowest BCUT2D eigenvalue weighted by Gasteiger charge is -2.30. The van der Waals surface area contributed by atoms with Gasteiger partial charge in [0, 0.05) is 0 Å². The molecule has 0 bridgehead atoms. The second kappa shape index (κ2) is 4.59. The number of pyridine rings is 1. The number of aliphatic hydroxyl groups excluding tert-OH is 1. The summed E-state index contributed by atoms with van der Waals surface area (Å²) in [6.07, 6.45) is 1.12. The predicted octanol–water partition coefficient (Wildman–Crippen LogP) is 2.31. The molecule has 4 N–H and O–H groups in total. The highest BCUT2D eigenvalue weighted by atomic mass is 79.9. The maximum Gasteiger partial charge on any atom is 0.141 e. The fourth-order valence-electron chi connectivity index (χ4n) is 1.09. The quantitative estimate of drug-likeness (QED) is 0.798. The van der Waals surface area contributed by atoms with Gasteiger partial charge in [0.1, 0.15) is 5.82 Å². The van der Waals surface area contributed by atoms with Crippen molar-refractivity contribution in [2.24, 2.45) is 0 Å². The van der Waals surface area contributed by atoms with Crippen LogP contribution in [-0.4, -0.2) is 21.7 Å². The zero-order chi connectivity index (χ0) is 12.5. The number of hydrogen-bond donors (Lipinski definition) is 3. The molecular weight excluding hydrogens is 270 g/mol. The first-order chi connectivity index (χ1) is 7.25. The Kier molecular flexibility index (Phi) is 3.80. The first kappa shape index (κ1) is 13.3. The number of nitrogen functional groups attached to an aromatic ring is 1. The smallest absolute Gasteiger partial charge is 0.141 e. The van der Waals surface area contributed by atoms with Crippen LogP contribution in [0.5, 0.6) is 0 Å². The summed E-state index contributed by atoms with van der Waals surface area (Å²) in [6.45, 7) is 7.49. The van der Waals surface area contributed by atoms with Crippen LogP contribution in [0.1, 0.15) is 26.3 Å². The number of aromatic nitrogens is 1. The van der Waals surface area contributed by atoms with E-state index in [9.17, 15) is 5.11 Å². The third kappa shape index (κ3) is 2.65. The van der Waals surface area contributed by atoms with E-state index in [1.54, 1.807) is 13.1 Å². The van der Waals surface area contributed by atoms with E-state index >= 15 is 0 Å². The average Bonchev–Trinajstić information content (AvgIpc) is 2.19. The lowest BCUT2D eigenvalue weighted by atomic mass is 9.99. The van der Waals surface area contributed by atoms with Gasteiger partial charge in [0.25, 0.3) is 0 Å². The minimum absolute atomic E-state index is 0.446. The number of nitrogens with two attached hydrogens (primary N) is 1. The van der Waals surface area contributed by atoms with Crippen LogP contribution in [0, 0.1) is 6.92 Å². The number of rotatable bonds is 3. The number of anilines is 2. The Hall–Kier alpha value is -0.810. The van der Waals surface area contributed by atoms with Crippen LogP contribution in [0.25, 0.3) is 0 Å². The van der Waals surface area contributed by atoms with Crippen molar-refractivity contribution in [1.29, 1.82) is 0 Å². The van der Waals surface area contributed by atoms with Crippen LogP contribution >= 0.6 is 15.9 Å². The van der Waals surface area contributed by atoms with Gasteiger partial charge in [-0.05, 0) is 49.2 Å². The summed E-state index contributed by atoms with van der Waals surface area (Å²) in [5.74, 6) is 0.692. The summed E-state index contributed by atoms with van der Waals surface area (Å²) in [5.41, 5.74) is 6.89. The summed E-state index contributed by atoms with van der Waals surface area (Å²) < 4.78 is 0.834. The molecule has 90 valence electrons. The van der Waals surface area contributed by atoms with Gasteiger partial charge >= 0.3 is 0 Å². The minimum Gasteiger partial charge on any atom is -0.397 e. The molecule has 1 rings (SSSR count). The highest BCUT2D eigenvalue weighted by molar-refractivity contribution is 9.10. The largest absolute Gasteiger partial charge is 0.397 e. The van der Waals surface area contributed by atoms with E-state index in [0.29, 0.717) is 11.5 Å². The van der Waals surface area contributed by atoms with E-state index in [4.69, 9.17) is 5.73 Å². The zero-order valence-corrected chi connectivity index (χ0v) is 11.6. The van der Waals surface area contributed by atoms with Crippen LogP contribution in [0.15, 0.2) is 10.7 Å². The van der Waals surface area contributed by atoms with Crippen molar-refractivity contribution in [2.75, 3.05) is 11.1 Å². The Labute approximate surface area is 104 Å². The maximum atomic E-state index is 9.63. The molecule has 1 aromatic heterocycles. The van der Waals surface area contributed by atoms with E-state index in [-0.39, 0.29) is 0 Å². The molecule has 0 radical (unpaired) electrons. The first-order valence-corrected chi connectivity index (χ1v) is 5.92. The van der Waals surface area contributed by atoms with Gasteiger partial charge in [-0.1, -0.05) is 0 Å². The Bertz CT molecular complexity index is 391. The minimum atomic E-state index is -0.487. The Balaban J connectivity index is 3.04. The second-order valence-electron chi connectivity index (χ2n) is 4.52. The number of nitrogens with zero attached hydrogens (tertiary/aromatic N) is 1. The normalized spacial score (nSPS) is 13.6. The molecule has 0 aliphatic heterocycles. The molecule has 0 aromatic carbocycles. The monoisotopic (exact) mass is 287 g/mol. The fraction of sp³-hybridized carbons (Fsp3) is 0.545. The van der Waals surface area contributed by atoms with Crippen LogP contribution in [-0.2, 0) is 0 Å². The molecule has 0 saturated heterocycles. The van der Waals surface area contributed by atoms with Crippen LogP contribution in [0.3, 0.4) is 0 Å². The molecule has 1 atom stereocenters. The number of aliphatic hydroxyl groups is 1. The van der Waals surface area contributed by atoms with Gasteiger partial charge in [0.05, 0.1) is 28.0 Å². The third-order valence-corrected chi connectivity index (χ3v) is 3.76. The summed E-state index contributed by atoms with van der Waals surface area (Å²) in [4.78, 5) is 4.21. The van der Waals surface area contributed by atoms with E-state index < -0.39 is 11.6 Å². The van der Waals surface area contributed by atoms with Crippen molar-refractivity contribution < 1.29 is 5.11 Å². The van der Waals surface area contributed by atoms with E-state index in [1.165, 1.54) is 0 Å². The average molecular weight is 288 g/mol. The number of nitrogens with one attached hydrogen (secondary N) is 1. The lowest BCUT2D eigenvalue weighted by Crippen LogP contribution is -2.42. The van der Waals surface area contributed by atoms with Crippen LogP contribution in [0.2, 0.25) is 0 Å². The number of halogens is 1. The topological polar surface area (TPSA) is 71.2 Å². The van der Waals surface area contributed by atoms with Gasteiger partial charge < -0.3 is 16.2 Å². The van der Waals surface area contributed by atoms with Gasteiger partial charge in [-0.2, -0.15) is 0 Å². The highest BCUT2D eigenvalue weighted by Crippen LogP contribution is 2.30. The predicted molar refractivity (Wildman–Crippen MR) is 70.5 cm³/mol. The molecular formula is C11H18BrN3O. The number of hydrogen-bond acceptors (Lipinski definition) is 4. The highest BCUT2D eigenvalue weighted by Gasteiger charge is 2.25. The van der Waals surface area contributed by atoms with Crippen LogP contribution < -0.4 is 11.1 Å². The molecule has 0 spiro atoms. The van der Waals surface area contributed by atoms with Gasteiger partial charge in [-0.3, -0.25) is 0 Å². The van der Waals surface area contributed by atoms with Crippen molar-refractivity contribution in [1.82, 2.24) is 4.98 Å². The molecule has 16 heavy (non-hydrogen) atoms.